The van der Waals surface area contributed by atoms with E-state index in [-0.39, 0.29) is 16.7 Å². The fourth-order valence-electron chi connectivity index (χ4n) is 3.58. The summed E-state index contributed by atoms with van der Waals surface area (Å²) in [7, 11) is 0. The molecule has 1 aromatic heterocycles. The highest BCUT2D eigenvalue weighted by molar-refractivity contribution is 8.00. The largest absolute Gasteiger partial charge is 0.342 e. The summed E-state index contributed by atoms with van der Waals surface area (Å²) in [5.74, 6) is 0.117. The summed E-state index contributed by atoms with van der Waals surface area (Å²) < 4.78 is 1.62. The molecule has 3 aromatic rings. The van der Waals surface area contributed by atoms with Gasteiger partial charge in [-0.1, -0.05) is 42.1 Å². The number of aromatic nitrogens is 2. The highest BCUT2D eigenvalue weighted by atomic mass is 32.2. The quantitative estimate of drug-likeness (QED) is 0.499. The van der Waals surface area contributed by atoms with Crippen LogP contribution in [0.1, 0.15) is 26.2 Å². The van der Waals surface area contributed by atoms with E-state index in [4.69, 9.17) is 4.98 Å². The number of thioether (sulfide) groups is 1. The maximum atomic E-state index is 13.2. The molecule has 0 N–H and O–H groups in total. The predicted octanol–water partition coefficient (Wildman–Crippen LogP) is 3.88. The number of carbonyl (C=O) groups is 1. The van der Waals surface area contributed by atoms with Crippen LogP contribution in [0.5, 0.6) is 0 Å². The van der Waals surface area contributed by atoms with Crippen molar-refractivity contribution >= 4 is 28.6 Å². The second-order valence-electron chi connectivity index (χ2n) is 7.03. The van der Waals surface area contributed by atoms with Gasteiger partial charge in [0, 0.05) is 13.1 Å². The zero-order valence-corrected chi connectivity index (χ0v) is 16.7. The van der Waals surface area contributed by atoms with E-state index in [1.165, 1.54) is 18.2 Å². The van der Waals surface area contributed by atoms with Gasteiger partial charge in [0.2, 0.25) is 5.91 Å². The van der Waals surface area contributed by atoms with E-state index in [0.717, 1.165) is 31.6 Å². The maximum Gasteiger partial charge on any atom is 0.266 e. The Hall–Kier alpha value is -2.60. The first kappa shape index (κ1) is 18.7. The molecule has 0 spiro atoms. The Labute approximate surface area is 168 Å². The normalized spacial score (nSPS) is 15.5. The molecule has 1 fully saturated rings. The van der Waals surface area contributed by atoms with E-state index in [2.05, 4.69) is 0 Å². The Morgan fingerprint density at radius 1 is 1.00 bits per heavy atom. The monoisotopic (exact) mass is 393 g/mol. The van der Waals surface area contributed by atoms with Crippen molar-refractivity contribution in [1.29, 1.82) is 0 Å². The first-order valence-corrected chi connectivity index (χ1v) is 10.6. The molecule has 5 nitrogen and oxygen atoms in total. The molecule has 0 radical (unpaired) electrons. The Morgan fingerprint density at radius 3 is 2.43 bits per heavy atom. The second-order valence-corrected chi connectivity index (χ2v) is 8.34. The number of piperidine rings is 1. The van der Waals surface area contributed by atoms with E-state index in [9.17, 15) is 9.59 Å². The molecule has 0 saturated carbocycles. The van der Waals surface area contributed by atoms with Crippen LogP contribution < -0.4 is 5.56 Å². The van der Waals surface area contributed by atoms with Gasteiger partial charge in [-0.3, -0.25) is 14.2 Å². The number of benzene rings is 2. The first-order chi connectivity index (χ1) is 13.6. The average molecular weight is 394 g/mol. The zero-order chi connectivity index (χ0) is 19.5. The van der Waals surface area contributed by atoms with E-state index in [1.807, 2.05) is 60.4 Å². The predicted molar refractivity (Wildman–Crippen MR) is 113 cm³/mol. The van der Waals surface area contributed by atoms with Gasteiger partial charge >= 0.3 is 0 Å². The van der Waals surface area contributed by atoms with Crippen LogP contribution in [0.3, 0.4) is 0 Å². The third kappa shape index (κ3) is 3.69. The first-order valence-electron chi connectivity index (χ1n) is 9.68. The van der Waals surface area contributed by atoms with Gasteiger partial charge in [0.15, 0.2) is 5.16 Å². The smallest absolute Gasteiger partial charge is 0.266 e. The molecular formula is C22H23N3O2S. The Bertz CT molecular complexity index is 1040. The highest BCUT2D eigenvalue weighted by Crippen LogP contribution is 2.26. The minimum atomic E-state index is -0.305. The maximum absolute atomic E-state index is 13.2. The van der Waals surface area contributed by atoms with Crippen molar-refractivity contribution < 1.29 is 4.79 Å². The molecule has 1 aliphatic rings. The Morgan fingerprint density at radius 2 is 1.68 bits per heavy atom. The topological polar surface area (TPSA) is 55.2 Å². The molecule has 0 aliphatic carbocycles. The zero-order valence-electron chi connectivity index (χ0n) is 15.9. The van der Waals surface area contributed by atoms with E-state index < -0.39 is 0 Å². The van der Waals surface area contributed by atoms with Crippen LogP contribution >= 0.6 is 11.8 Å². The van der Waals surface area contributed by atoms with E-state index in [0.29, 0.717) is 16.1 Å². The van der Waals surface area contributed by atoms with Gasteiger partial charge in [-0.15, -0.1) is 0 Å². The van der Waals surface area contributed by atoms with Crippen LogP contribution in [-0.4, -0.2) is 38.7 Å². The standard InChI is InChI=1S/C22H23N3O2S/c1-16(20(26)24-14-8-3-9-15-24)28-22-23-19-13-7-6-12-18(19)21(27)25(22)17-10-4-2-5-11-17/h2,4-7,10-13,16H,3,8-9,14-15H2,1H3/t16-/m1/s1. The summed E-state index contributed by atoms with van der Waals surface area (Å²) in [4.78, 5) is 32.8. The van der Waals surface area contributed by atoms with Gasteiger partial charge in [0.05, 0.1) is 21.8 Å². The lowest BCUT2D eigenvalue weighted by Crippen LogP contribution is -2.40. The van der Waals surface area contributed by atoms with Crippen molar-refractivity contribution in [1.82, 2.24) is 14.5 Å². The van der Waals surface area contributed by atoms with Gasteiger partial charge < -0.3 is 4.90 Å². The molecule has 0 bridgehead atoms. The third-order valence-electron chi connectivity index (χ3n) is 5.06. The van der Waals surface area contributed by atoms with Crippen molar-refractivity contribution in [3.8, 4) is 5.69 Å². The van der Waals surface area contributed by atoms with Gasteiger partial charge in [0.1, 0.15) is 0 Å². The summed E-state index contributed by atoms with van der Waals surface area (Å²) in [6.07, 6.45) is 3.31. The number of fused-ring (bicyclic) bond motifs is 1. The average Bonchev–Trinajstić information content (AvgIpc) is 2.74. The lowest BCUT2D eigenvalue weighted by Gasteiger charge is -2.29. The molecule has 1 atom stereocenters. The molecule has 1 aliphatic heterocycles. The molecule has 2 aromatic carbocycles. The summed E-state index contributed by atoms with van der Waals surface area (Å²) in [6, 6.07) is 16.8. The van der Waals surface area contributed by atoms with Crippen LogP contribution in [0, 0.1) is 0 Å². The summed E-state index contributed by atoms with van der Waals surface area (Å²) in [6.45, 7) is 3.54. The SMILES string of the molecule is C[C@@H](Sc1nc2ccccc2c(=O)n1-c1ccccc1)C(=O)N1CCCCC1. The lowest BCUT2D eigenvalue weighted by atomic mass is 10.1. The van der Waals surface area contributed by atoms with Crippen LogP contribution in [0.2, 0.25) is 0 Å². The molecule has 4 rings (SSSR count). The molecule has 1 saturated heterocycles. The fourth-order valence-corrected chi connectivity index (χ4v) is 4.59. The minimum absolute atomic E-state index is 0.114. The number of para-hydroxylation sites is 2. The Kier molecular flexibility index (Phi) is 5.48. The molecular weight excluding hydrogens is 370 g/mol. The third-order valence-corrected chi connectivity index (χ3v) is 6.10. The minimum Gasteiger partial charge on any atom is -0.342 e. The van der Waals surface area contributed by atoms with Crippen molar-refractivity contribution in [2.75, 3.05) is 13.1 Å². The number of carbonyl (C=O) groups excluding carboxylic acids is 1. The molecule has 0 unspecified atom stereocenters. The summed E-state index contributed by atoms with van der Waals surface area (Å²) in [5.41, 5.74) is 1.29. The second kappa shape index (κ2) is 8.19. The number of nitrogens with zero attached hydrogens (tertiary/aromatic N) is 3. The number of hydrogen-bond donors (Lipinski definition) is 0. The van der Waals surface area contributed by atoms with Crippen molar-refractivity contribution in [3.05, 3.63) is 65.0 Å². The highest BCUT2D eigenvalue weighted by Gasteiger charge is 2.25. The number of amides is 1. The van der Waals surface area contributed by atoms with Crippen LogP contribution in [0.15, 0.2) is 64.5 Å². The van der Waals surface area contributed by atoms with Gasteiger partial charge in [-0.25, -0.2) is 4.98 Å². The Balaban J connectivity index is 1.75. The molecule has 2 heterocycles. The lowest BCUT2D eigenvalue weighted by molar-refractivity contribution is -0.131. The van der Waals surface area contributed by atoms with Gasteiger partial charge in [-0.2, -0.15) is 0 Å². The van der Waals surface area contributed by atoms with Crippen LogP contribution in [-0.2, 0) is 4.79 Å². The van der Waals surface area contributed by atoms with Gasteiger partial charge in [-0.05, 0) is 50.5 Å². The molecule has 144 valence electrons. The summed E-state index contributed by atoms with van der Waals surface area (Å²) >= 11 is 1.36. The fraction of sp³-hybridized carbons (Fsp3) is 0.318. The molecule has 28 heavy (non-hydrogen) atoms. The van der Waals surface area contributed by atoms with Gasteiger partial charge in [0.25, 0.3) is 5.56 Å². The number of likely N-dealkylation sites (tertiary alicyclic amines) is 1. The van der Waals surface area contributed by atoms with E-state index >= 15 is 0 Å². The van der Waals surface area contributed by atoms with E-state index in [1.54, 1.807) is 10.6 Å². The number of hydrogen-bond acceptors (Lipinski definition) is 4. The van der Waals surface area contributed by atoms with Crippen molar-refractivity contribution in [2.24, 2.45) is 0 Å². The molecule has 6 heteroatoms. The molecule has 1 amide bonds. The summed E-state index contributed by atoms with van der Waals surface area (Å²) in [5, 5.41) is 0.819. The van der Waals surface area contributed by atoms with Crippen molar-refractivity contribution in [2.45, 2.75) is 36.6 Å². The van der Waals surface area contributed by atoms with Crippen LogP contribution in [0.25, 0.3) is 16.6 Å². The number of rotatable bonds is 4. The van der Waals surface area contributed by atoms with Crippen LogP contribution in [0.4, 0.5) is 0 Å². The van der Waals surface area contributed by atoms with Crippen molar-refractivity contribution in [3.63, 3.8) is 0 Å².